The van der Waals surface area contributed by atoms with Crippen LogP contribution in [0.5, 0.6) is 17.2 Å². The number of benzene rings is 2. The van der Waals surface area contributed by atoms with E-state index in [1.54, 1.807) is 6.08 Å². The third-order valence-electron chi connectivity index (χ3n) is 7.03. The van der Waals surface area contributed by atoms with Gasteiger partial charge in [0.2, 0.25) is 5.78 Å². The predicted molar refractivity (Wildman–Crippen MR) is 126 cm³/mol. The summed E-state index contributed by atoms with van der Waals surface area (Å²) in [6, 6.07) is 6.43. The molecule has 172 valence electrons. The van der Waals surface area contributed by atoms with Gasteiger partial charge < -0.3 is 18.9 Å². The SMILES string of the molecule is Cc1cc2c(c3c1C(=O)/C(=C/c1cc(Br)cc4c1OCOC4)O3)CN(C1CCCCC1)CO2. The number of ketones is 1. The minimum Gasteiger partial charge on any atom is -0.478 e. The molecule has 4 aliphatic rings. The molecule has 7 heteroatoms. The Kier molecular flexibility index (Phi) is 5.43. The van der Waals surface area contributed by atoms with Crippen LogP contribution in [-0.4, -0.2) is 30.2 Å². The summed E-state index contributed by atoms with van der Waals surface area (Å²) in [5.41, 5.74) is 4.23. The zero-order chi connectivity index (χ0) is 22.5. The van der Waals surface area contributed by atoms with Crippen molar-refractivity contribution in [2.75, 3.05) is 13.5 Å². The minimum atomic E-state index is -0.0964. The second-order valence-corrected chi connectivity index (χ2v) is 10.1. The average Bonchev–Trinajstić information content (AvgIpc) is 3.16. The maximum Gasteiger partial charge on any atom is 0.232 e. The van der Waals surface area contributed by atoms with Gasteiger partial charge in [0.1, 0.15) is 24.0 Å². The summed E-state index contributed by atoms with van der Waals surface area (Å²) < 4.78 is 24.5. The van der Waals surface area contributed by atoms with Gasteiger partial charge in [-0.3, -0.25) is 9.69 Å². The van der Waals surface area contributed by atoms with E-state index < -0.39 is 0 Å². The highest BCUT2D eigenvalue weighted by atomic mass is 79.9. The van der Waals surface area contributed by atoms with Gasteiger partial charge in [0.15, 0.2) is 12.6 Å². The number of allylic oxidation sites excluding steroid dienone is 1. The highest BCUT2D eigenvalue weighted by molar-refractivity contribution is 9.10. The van der Waals surface area contributed by atoms with E-state index in [0.29, 0.717) is 36.5 Å². The van der Waals surface area contributed by atoms with Gasteiger partial charge in [0.05, 0.1) is 17.7 Å². The van der Waals surface area contributed by atoms with Gasteiger partial charge in [0.25, 0.3) is 0 Å². The maximum absolute atomic E-state index is 13.4. The van der Waals surface area contributed by atoms with E-state index in [1.165, 1.54) is 32.1 Å². The third-order valence-corrected chi connectivity index (χ3v) is 7.49. The van der Waals surface area contributed by atoms with Crippen LogP contribution in [0.1, 0.15) is 64.7 Å². The topological polar surface area (TPSA) is 57.2 Å². The van der Waals surface area contributed by atoms with E-state index in [1.807, 2.05) is 25.1 Å². The third kappa shape index (κ3) is 3.76. The van der Waals surface area contributed by atoms with Crippen molar-refractivity contribution in [1.82, 2.24) is 4.90 Å². The Bertz CT molecular complexity index is 1170. The second-order valence-electron chi connectivity index (χ2n) is 9.22. The summed E-state index contributed by atoms with van der Waals surface area (Å²) in [4.78, 5) is 15.8. The van der Waals surface area contributed by atoms with Crippen LogP contribution in [0.3, 0.4) is 0 Å². The van der Waals surface area contributed by atoms with Gasteiger partial charge in [-0.1, -0.05) is 35.2 Å². The molecule has 0 radical (unpaired) electrons. The molecule has 1 fully saturated rings. The first-order valence-electron chi connectivity index (χ1n) is 11.6. The Labute approximate surface area is 201 Å². The lowest BCUT2D eigenvalue weighted by atomic mass is 9.93. The van der Waals surface area contributed by atoms with Crippen molar-refractivity contribution in [2.24, 2.45) is 0 Å². The molecule has 2 aromatic rings. The van der Waals surface area contributed by atoms with Crippen LogP contribution in [0.2, 0.25) is 0 Å². The molecule has 0 unspecified atom stereocenters. The summed E-state index contributed by atoms with van der Waals surface area (Å²) >= 11 is 3.55. The smallest absolute Gasteiger partial charge is 0.232 e. The first-order chi connectivity index (χ1) is 16.1. The molecule has 0 amide bonds. The quantitative estimate of drug-likeness (QED) is 0.480. The number of Topliss-reactive ketones (excluding diaryl/α,β-unsaturated/α-hetero) is 1. The standard InChI is InChI=1S/C26H26BrNO5/c1-15-7-21-20(11-28(13-31-21)19-5-3-2-4-6-19)26-23(15)24(29)22(33-26)10-16-8-18(27)9-17-12-30-14-32-25(16)17/h7-10,19H,2-6,11-14H2,1H3/b22-10-. The van der Waals surface area contributed by atoms with Gasteiger partial charge in [-0.05, 0) is 49.6 Å². The fourth-order valence-corrected chi connectivity index (χ4v) is 5.91. The van der Waals surface area contributed by atoms with E-state index in [2.05, 4.69) is 20.8 Å². The predicted octanol–water partition coefficient (Wildman–Crippen LogP) is 5.72. The van der Waals surface area contributed by atoms with E-state index in [-0.39, 0.29) is 12.6 Å². The number of carbonyl (C=O) groups is 1. The summed E-state index contributed by atoms with van der Waals surface area (Å²) in [5.74, 6) is 2.42. The van der Waals surface area contributed by atoms with Crippen molar-refractivity contribution < 1.29 is 23.7 Å². The molecule has 0 atom stereocenters. The second kappa shape index (κ2) is 8.46. The first kappa shape index (κ1) is 21.2. The Hall–Kier alpha value is -2.35. The Morgan fingerprint density at radius 3 is 2.79 bits per heavy atom. The van der Waals surface area contributed by atoms with E-state index >= 15 is 0 Å². The number of carbonyl (C=O) groups excluding carboxylic acids is 1. The van der Waals surface area contributed by atoms with Crippen LogP contribution < -0.4 is 14.2 Å². The molecule has 2 aromatic carbocycles. The maximum atomic E-state index is 13.4. The molecule has 1 saturated carbocycles. The first-order valence-corrected chi connectivity index (χ1v) is 12.4. The summed E-state index contributed by atoms with van der Waals surface area (Å²) in [6.45, 7) is 3.95. The molecule has 3 aliphatic heterocycles. The van der Waals surface area contributed by atoms with E-state index in [4.69, 9.17) is 18.9 Å². The number of ether oxygens (including phenoxy) is 4. The fraction of sp³-hybridized carbons (Fsp3) is 0.423. The molecule has 3 heterocycles. The number of hydrogen-bond acceptors (Lipinski definition) is 6. The van der Waals surface area contributed by atoms with Gasteiger partial charge in [0, 0.05) is 28.2 Å². The van der Waals surface area contributed by atoms with Crippen LogP contribution in [0.4, 0.5) is 0 Å². The molecule has 0 bridgehead atoms. The van der Waals surface area contributed by atoms with Crippen LogP contribution in [0.25, 0.3) is 6.08 Å². The molecule has 33 heavy (non-hydrogen) atoms. The molecule has 6 rings (SSSR count). The lowest BCUT2D eigenvalue weighted by Crippen LogP contribution is -2.41. The summed E-state index contributed by atoms with van der Waals surface area (Å²) in [7, 11) is 0. The van der Waals surface area contributed by atoms with Gasteiger partial charge in [-0.25, -0.2) is 0 Å². The van der Waals surface area contributed by atoms with Crippen molar-refractivity contribution in [1.29, 1.82) is 0 Å². The Morgan fingerprint density at radius 2 is 1.94 bits per heavy atom. The Balaban J connectivity index is 1.36. The lowest BCUT2D eigenvalue weighted by molar-refractivity contribution is -0.0165. The van der Waals surface area contributed by atoms with Crippen LogP contribution in [0, 0.1) is 6.92 Å². The number of aryl methyl sites for hydroxylation is 1. The number of rotatable bonds is 2. The fourth-order valence-electron chi connectivity index (χ4n) is 5.38. The molecular weight excluding hydrogens is 486 g/mol. The molecule has 1 aliphatic carbocycles. The largest absolute Gasteiger partial charge is 0.478 e. The number of hydrogen-bond donors (Lipinski definition) is 0. The average molecular weight is 512 g/mol. The van der Waals surface area contributed by atoms with Crippen molar-refractivity contribution >= 4 is 27.8 Å². The summed E-state index contributed by atoms with van der Waals surface area (Å²) in [5, 5.41) is 0. The lowest BCUT2D eigenvalue weighted by Gasteiger charge is -2.37. The van der Waals surface area contributed by atoms with E-state index in [9.17, 15) is 4.79 Å². The van der Waals surface area contributed by atoms with Crippen LogP contribution in [0.15, 0.2) is 28.4 Å². The molecule has 0 spiro atoms. The zero-order valence-electron chi connectivity index (χ0n) is 18.6. The monoisotopic (exact) mass is 511 g/mol. The van der Waals surface area contributed by atoms with Crippen molar-refractivity contribution in [2.45, 2.75) is 58.2 Å². The molecule has 0 aromatic heterocycles. The van der Waals surface area contributed by atoms with Gasteiger partial charge >= 0.3 is 0 Å². The van der Waals surface area contributed by atoms with Crippen molar-refractivity contribution in [3.05, 3.63) is 56.2 Å². The van der Waals surface area contributed by atoms with Crippen LogP contribution in [-0.2, 0) is 17.9 Å². The normalized spacial score (nSPS) is 21.6. The van der Waals surface area contributed by atoms with Gasteiger partial charge in [-0.2, -0.15) is 0 Å². The highest BCUT2D eigenvalue weighted by Crippen LogP contribution is 2.45. The van der Waals surface area contributed by atoms with E-state index in [0.717, 1.165) is 44.8 Å². The van der Waals surface area contributed by atoms with Crippen molar-refractivity contribution in [3.63, 3.8) is 0 Å². The summed E-state index contributed by atoms with van der Waals surface area (Å²) in [6.07, 6.45) is 8.05. The van der Waals surface area contributed by atoms with Crippen molar-refractivity contribution in [3.8, 4) is 17.2 Å². The van der Waals surface area contributed by atoms with Gasteiger partial charge in [-0.15, -0.1) is 0 Å². The number of fused-ring (bicyclic) bond motifs is 4. The molecule has 0 saturated heterocycles. The number of halogens is 1. The zero-order valence-corrected chi connectivity index (χ0v) is 20.2. The molecule has 6 nitrogen and oxygen atoms in total. The van der Waals surface area contributed by atoms with Crippen LogP contribution >= 0.6 is 15.9 Å². The highest BCUT2D eigenvalue weighted by Gasteiger charge is 2.37. The Morgan fingerprint density at radius 1 is 1.09 bits per heavy atom. The molecular formula is C26H26BrNO5. The molecule has 0 N–H and O–H groups in total. The number of nitrogens with zero attached hydrogens (tertiary/aromatic N) is 1. The minimum absolute atomic E-state index is 0.0964.